The van der Waals surface area contributed by atoms with Gasteiger partial charge in [0, 0.05) is 24.0 Å². The molecule has 0 radical (unpaired) electrons. The average Bonchev–Trinajstić information content (AvgIpc) is 3.45. The lowest BCUT2D eigenvalue weighted by Crippen LogP contribution is -2.13. The van der Waals surface area contributed by atoms with Crippen molar-refractivity contribution in [1.82, 2.24) is 25.3 Å². The summed E-state index contributed by atoms with van der Waals surface area (Å²) in [5.74, 6) is 2.58. The second-order valence-corrected chi connectivity index (χ2v) is 7.30. The third kappa shape index (κ3) is 6.29. The fourth-order valence-corrected chi connectivity index (χ4v) is 3.17. The summed E-state index contributed by atoms with van der Waals surface area (Å²) < 4.78 is 10.4. The van der Waals surface area contributed by atoms with Gasteiger partial charge in [-0.2, -0.15) is 10.1 Å². The van der Waals surface area contributed by atoms with Crippen LogP contribution >= 0.6 is 0 Å². The second kappa shape index (κ2) is 10.3. The maximum absolute atomic E-state index is 11.0. The molecule has 1 aromatic carbocycles. The highest BCUT2D eigenvalue weighted by atomic mass is 16.5. The summed E-state index contributed by atoms with van der Waals surface area (Å²) >= 11 is 0. The van der Waals surface area contributed by atoms with Crippen molar-refractivity contribution < 1.29 is 14.1 Å². The minimum atomic E-state index is -0.466. The molecule has 0 atom stereocenters. The Morgan fingerprint density at radius 3 is 2.94 bits per heavy atom. The number of rotatable bonds is 11. The van der Waals surface area contributed by atoms with E-state index in [1.807, 2.05) is 24.3 Å². The van der Waals surface area contributed by atoms with E-state index in [4.69, 9.17) is 15.0 Å². The van der Waals surface area contributed by atoms with Gasteiger partial charge in [0.05, 0.1) is 25.8 Å². The number of amides is 1. The van der Waals surface area contributed by atoms with Gasteiger partial charge < -0.3 is 25.6 Å². The Bertz CT molecular complexity index is 1220. The van der Waals surface area contributed by atoms with Crippen LogP contribution < -0.4 is 21.1 Å². The van der Waals surface area contributed by atoms with Crippen LogP contribution in [0.3, 0.4) is 0 Å². The number of carbonyl (C=O) groups excluding carboxylic acids is 1. The maximum atomic E-state index is 11.0. The van der Waals surface area contributed by atoms with E-state index in [1.165, 1.54) is 5.56 Å². The lowest BCUT2D eigenvalue weighted by molar-refractivity contribution is -0.117. The van der Waals surface area contributed by atoms with Gasteiger partial charge in [0.1, 0.15) is 11.6 Å². The SMILES string of the molecule is COc1cccc(CCc2cc(Nc3ccnc(NCc4cc(CC(N)=O)no4)n3)n[nH]2)c1. The lowest BCUT2D eigenvalue weighted by Gasteiger charge is -2.05. The number of aromatic amines is 1. The summed E-state index contributed by atoms with van der Waals surface area (Å²) in [7, 11) is 1.66. The standard InChI is InChI=1S/C22H24N8O3/c1-32-17-4-2-3-14(9-17)5-6-15-12-21(29-28-15)26-20-7-8-24-22(27-20)25-13-18-10-16(30-33-18)11-19(23)31/h2-4,7-10,12H,5-6,11,13H2,1H3,(H2,23,31)(H3,24,25,26,27,28,29). The van der Waals surface area contributed by atoms with Crippen molar-refractivity contribution >= 4 is 23.5 Å². The number of aromatic nitrogens is 5. The summed E-state index contributed by atoms with van der Waals surface area (Å²) in [6.07, 6.45) is 3.34. The van der Waals surface area contributed by atoms with Crippen LogP contribution in [0.25, 0.3) is 0 Å². The Hall–Kier alpha value is -4.41. The number of aryl methyl sites for hydroxylation is 2. The first kappa shape index (κ1) is 21.8. The molecule has 170 valence electrons. The number of primary amides is 1. The van der Waals surface area contributed by atoms with Crippen LogP contribution in [0.15, 0.2) is 53.2 Å². The molecule has 11 nitrogen and oxygen atoms in total. The van der Waals surface area contributed by atoms with E-state index in [2.05, 4.69) is 42.0 Å². The first-order valence-corrected chi connectivity index (χ1v) is 10.3. The van der Waals surface area contributed by atoms with E-state index in [0.29, 0.717) is 35.6 Å². The predicted molar refractivity (Wildman–Crippen MR) is 121 cm³/mol. The van der Waals surface area contributed by atoms with E-state index < -0.39 is 5.91 Å². The van der Waals surface area contributed by atoms with Gasteiger partial charge in [-0.15, -0.1) is 0 Å². The molecule has 3 heterocycles. The molecule has 0 saturated heterocycles. The Kier molecular flexibility index (Phi) is 6.78. The number of nitrogens with two attached hydrogens (primary N) is 1. The molecule has 0 fully saturated rings. The molecule has 4 rings (SSSR count). The summed E-state index contributed by atoms with van der Waals surface area (Å²) in [4.78, 5) is 19.6. The van der Waals surface area contributed by atoms with Gasteiger partial charge in [-0.05, 0) is 36.6 Å². The maximum Gasteiger partial charge on any atom is 0.224 e. The highest BCUT2D eigenvalue weighted by molar-refractivity contribution is 5.76. The van der Waals surface area contributed by atoms with Gasteiger partial charge in [0.15, 0.2) is 11.6 Å². The molecule has 0 saturated carbocycles. The van der Waals surface area contributed by atoms with Crippen molar-refractivity contribution in [3.8, 4) is 5.75 Å². The zero-order chi connectivity index (χ0) is 23.0. The van der Waals surface area contributed by atoms with E-state index in [1.54, 1.807) is 25.4 Å². The second-order valence-electron chi connectivity index (χ2n) is 7.30. The summed E-state index contributed by atoms with van der Waals surface area (Å²) in [5, 5.41) is 17.4. The summed E-state index contributed by atoms with van der Waals surface area (Å²) in [5.41, 5.74) is 7.84. The Labute approximate surface area is 189 Å². The van der Waals surface area contributed by atoms with E-state index in [-0.39, 0.29) is 6.42 Å². The van der Waals surface area contributed by atoms with Gasteiger partial charge >= 0.3 is 0 Å². The number of H-pyrrole nitrogens is 1. The van der Waals surface area contributed by atoms with Crippen molar-refractivity contribution in [3.63, 3.8) is 0 Å². The molecule has 1 amide bonds. The first-order valence-electron chi connectivity index (χ1n) is 10.3. The van der Waals surface area contributed by atoms with E-state index >= 15 is 0 Å². The van der Waals surface area contributed by atoms with Crippen LogP contribution in [0.2, 0.25) is 0 Å². The number of benzene rings is 1. The largest absolute Gasteiger partial charge is 0.497 e. The average molecular weight is 448 g/mol. The monoisotopic (exact) mass is 448 g/mol. The molecule has 0 spiro atoms. The Morgan fingerprint density at radius 1 is 1.18 bits per heavy atom. The Balaban J connectivity index is 1.30. The molecule has 0 aliphatic carbocycles. The molecule has 0 aliphatic heterocycles. The van der Waals surface area contributed by atoms with Crippen molar-refractivity contribution in [2.45, 2.75) is 25.8 Å². The minimum Gasteiger partial charge on any atom is -0.497 e. The molecular weight excluding hydrogens is 424 g/mol. The minimum absolute atomic E-state index is 0.0323. The number of anilines is 3. The molecule has 4 aromatic rings. The van der Waals surface area contributed by atoms with Crippen molar-refractivity contribution in [1.29, 1.82) is 0 Å². The number of hydrogen-bond acceptors (Lipinski definition) is 9. The van der Waals surface area contributed by atoms with Gasteiger partial charge in [-0.3, -0.25) is 9.89 Å². The molecule has 11 heteroatoms. The third-order valence-electron chi connectivity index (χ3n) is 4.74. The molecule has 5 N–H and O–H groups in total. The summed E-state index contributed by atoms with van der Waals surface area (Å²) in [6.45, 7) is 0.312. The predicted octanol–water partition coefficient (Wildman–Crippen LogP) is 2.36. The molecule has 0 aliphatic rings. The molecule has 33 heavy (non-hydrogen) atoms. The Morgan fingerprint density at radius 2 is 2.09 bits per heavy atom. The van der Waals surface area contributed by atoms with Gasteiger partial charge in [-0.25, -0.2) is 4.98 Å². The zero-order valence-electron chi connectivity index (χ0n) is 18.0. The van der Waals surface area contributed by atoms with Crippen LogP contribution in [0.4, 0.5) is 17.6 Å². The van der Waals surface area contributed by atoms with E-state index in [0.717, 1.165) is 24.3 Å². The number of hydrogen-bond donors (Lipinski definition) is 4. The first-order chi connectivity index (χ1) is 16.1. The van der Waals surface area contributed by atoms with Crippen LogP contribution in [0, 0.1) is 0 Å². The third-order valence-corrected chi connectivity index (χ3v) is 4.74. The van der Waals surface area contributed by atoms with Crippen molar-refractivity contribution in [2.24, 2.45) is 5.73 Å². The fraction of sp³-hybridized carbons (Fsp3) is 0.227. The number of carbonyl (C=O) groups is 1. The number of nitrogens with one attached hydrogen (secondary N) is 3. The van der Waals surface area contributed by atoms with Crippen LogP contribution in [-0.4, -0.2) is 38.3 Å². The smallest absolute Gasteiger partial charge is 0.224 e. The number of ether oxygens (including phenoxy) is 1. The highest BCUT2D eigenvalue weighted by Crippen LogP contribution is 2.17. The van der Waals surface area contributed by atoms with Crippen LogP contribution in [0.1, 0.15) is 22.7 Å². The summed E-state index contributed by atoms with van der Waals surface area (Å²) in [6, 6.07) is 13.4. The molecular formula is C22H24N8O3. The quantitative estimate of drug-likeness (QED) is 0.270. The lowest BCUT2D eigenvalue weighted by atomic mass is 10.1. The molecule has 0 bridgehead atoms. The van der Waals surface area contributed by atoms with Gasteiger partial charge in [0.25, 0.3) is 0 Å². The zero-order valence-corrected chi connectivity index (χ0v) is 18.0. The van der Waals surface area contributed by atoms with Gasteiger partial charge in [-0.1, -0.05) is 17.3 Å². The van der Waals surface area contributed by atoms with Crippen LogP contribution in [0.5, 0.6) is 5.75 Å². The van der Waals surface area contributed by atoms with Crippen molar-refractivity contribution in [2.75, 3.05) is 17.7 Å². The molecule has 0 unspecified atom stereocenters. The van der Waals surface area contributed by atoms with Crippen molar-refractivity contribution in [3.05, 3.63) is 71.4 Å². The number of methoxy groups -OCH3 is 1. The molecule has 3 aromatic heterocycles. The normalized spacial score (nSPS) is 10.7. The van der Waals surface area contributed by atoms with Crippen LogP contribution in [-0.2, 0) is 30.6 Å². The van der Waals surface area contributed by atoms with E-state index in [9.17, 15) is 4.79 Å². The van der Waals surface area contributed by atoms with Gasteiger partial charge in [0.2, 0.25) is 11.9 Å². The highest BCUT2D eigenvalue weighted by Gasteiger charge is 2.09. The fourth-order valence-electron chi connectivity index (χ4n) is 3.17. The number of nitrogens with zero attached hydrogens (tertiary/aromatic N) is 4. The topological polar surface area (TPSA) is 157 Å².